The Labute approximate surface area is 92.1 Å². The molecule has 0 heterocycles. The molecule has 0 bridgehead atoms. The summed E-state index contributed by atoms with van der Waals surface area (Å²) in [6, 6.07) is 0. The molecular weight excluding hydrogens is 168 g/mol. The summed E-state index contributed by atoms with van der Waals surface area (Å²) in [7, 11) is 0. The highest BCUT2D eigenvalue weighted by molar-refractivity contribution is 4.93. The van der Waals surface area contributed by atoms with Crippen molar-refractivity contribution >= 4 is 0 Å². The molecule has 0 radical (unpaired) electrons. The number of rotatable bonds is 0. The van der Waals surface area contributed by atoms with Gasteiger partial charge in [0.15, 0.2) is 0 Å². The van der Waals surface area contributed by atoms with E-state index >= 15 is 0 Å². The van der Waals surface area contributed by atoms with Crippen molar-refractivity contribution < 1.29 is 0 Å². The van der Waals surface area contributed by atoms with Crippen LogP contribution in [0.15, 0.2) is 24.3 Å². The lowest BCUT2D eigenvalue weighted by Gasteiger charge is -1.96. The van der Waals surface area contributed by atoms with Gasteiger partial charge in [0, 0.05) is 0 Å². The fourth-order valence-corrected chi connectivity index (χ4v) is 1.21. The minimum Gasteiger partial charge on any atom is -0.0882 e. The minimum atomic E-state index is 0. The Morgan fingerprint density at radius 1 is 0.643 bits per heavy atom. The molecule has 86 valence electrons. The zero-order valence-corrected chi connectivity index (χ0v) is 8.55. The Morgan fingerprint density at radius 3 is 1.50 bits per heavy atom. The summed E-state index contributed by atoms with van der Waals surface area (Å²) in [6.07, 6.45) is 17.0. The van der Waals surface area contributed by atoms with Gasteiger partial charge in [0.1, 0.15) is 0 Å². The van der Waals surface area contributed by atoms with Crippen LogP contribution < -0.4 is 0 Å². The maximum Gasteiger partial charge on any atom is -0.0169 e. The van der Waals surface area contributed by atoms with Gasteiger partial charge in [-0.15, -0.1) is 0 Å². The second kappa shape index (κ2) is 18.3. The van der Waals surface area contributed by atoms with E-state index < -0.39 is 0 Å². The topological polar surface area (TPSA) is 0 Å². The van der Waals surface area contributed by atoms with Crippen LogP contribution in [0.1, 0.15) is 67.2 Å². The Kier molecular flexibility index (Phi) is 25.0. The molecule has 0 aromatic rings. The summed E-state index contributed by atoms with van der Waals surface area (Å²) in [5.41, 5.74) is 0. The van der Waals surface area contributed by atoms with Crippen LogP contribution in [-0.4, -0.2) is 0 Å². The molecule has 0 aliphatic heterocycles. The predicted octanol–water partition coefficient (Wildman–Crippen LogP) is 5.75. The van der Waals surface area contributed by atoms with E-state index in [1.54, 1.807) is 0 Å². The molecule has 0 amide bonds. The lowest BCUT2D eigenvalue weighted by Crippen LogP contribution is -1.76. The monoisotopic (exact) mass is 198 g/mol. The van der Waals surface area contributed by atoms with Crippen LogP contribution in [0.4, 0.5) is 0 Å². The van der Waals surface area contributed by atoms with Crippen molar-refractivity contribution in [3.8, 4) is 0 Å². The van der Waals surface area contributed by atoms with Gasteiger partial charge in [0.25, 0.3) is 0 Å². The fraction of sp³-hybridized carbons (Fsp3) is 0.714. The van der Waals surface area contributed by atoms with Gasteiger partial charge in [-0.05, 0) is 32.1 Å². The van der Waals surface area contributed by atoms with Crippen LogP contribution in [0.25, 0.3) is 0 Å². The number of allylic oxidation sites excluding steroid dienone is 4. The molecule has 0 saturated carbocycles. The first kappa shape index (κ1) is 19.1. The van der Waals surface area contributed by atoms with Gasteiger partial charge >= 0.3 is 0 Å². The molecule has 0 N–H and O–H groups in total. The van der Waals surface area contributed by atoms with Gasteiger partial charge < -0.3 is 0 Å². The molecule has 1 rings (SSSR count). The average molecular weight is 198 g/mol. The van der Waals surface area contributed by atoms with Crippen LogP contribution in [-0.2, 0) is 0 Å². The van der Waals surface area contributed by atoms with Gasteiger partial charge in [-0.1, -0.05) is 59.4 Å². The Bertz CT molecular complexity index is 106. The summed E-state index contributed by atoms with van der Waals surface area (Å²) < 4.78 is 0. The first-order valence-electron chi connectivity index (χ1n) is 5.30. The Morgan fingerprint density at radius 2 is 1.07 bits per heavy atom. The number of hydrogen-bond acceptors (Lipinski definition) is 0. The Balaban J connectivity index is -0.000000284. The Hall–Kier alpha value is -0.520. The normalized spacial score (nSPS) is 19.9. The van der Waals surface area contributed by atoms with Gasteiger partial charge in [0.2, 0.25) is 0 Å². The van der Waals surface area contributed by atoms with E-state index in [1.165, 1.54) is 32.1 Å². The molecule has 0 atom stereocenters. The van der Waals surface area contributed by atoms with Gasteiger partial charge in [-0.3, -0.25) is 0 Å². The third-order valence-electron chi connectivity index (χ3n) is 1.85. The van der Waals surface area contributed by atoms with Crippen molar-refractivity contribution in [1.29, 1.82) is 0 Å². The highest BCUT2D eigenvalue weighted by atomic mass is 13.9. The van der Waals surface area contributed by atoms with Crippen LogP contribution >= 0.6 is 0 Å². The first-order valence-corrected chi connectivity index (χ1v) is 5.30. The van der Waals surface area contributed by atoms with Gasteiger partial charge in [-0.2, -0.15) is 0 Å². The molecule has 0 aromatic carbocycles. The average Bonchev–Trinajstić information content (AvgIpc) is 2.18. The molecule has 1 aliphatic rings. The van der Waals surface area contributed by atoms with Crippen molar-refractivity contribution in [2.75, 3.05) is 0 Å². The molecule has 1 aliphatic carbocycles. The van der Waals surface area contributed by atoms with E-state index in [1.807, 2.05) is 13.8 Å². The van der Waals surface area contributed by atoms with E-state index in [0.717, 1.165) is 6.42 Å². The van der Waals surface area contributed by atoms with Crippen molar-refractivity contribution in [1.82, 2.24) is 0 Å². The summed E-state index contributed by atoms with van der Waals surface area (Å²) in [4.78, 5) is 0. The minimum absolute atomic E-state index is 0. The molecular formula is C14H30. The van der Waals surface area contributed by atoms with Crippen LogP contribution in [0.5, 0.6) is 0 Å². The van der Waals surface area contributed by atoms with E-state index in [-0.39, 0.29) is 14.9 Å². The molecule has 14 heavy (non-hydrogen) atoms. The van der Waals surface area contributed by atoms with Crippen molar-refractivity contribution in [2.45, 2.75) is 67.2 Å². The maximum absolute atomic E-state index is 2.30. The summed E-state index contributed by atoms with van der Waals surface area (Å²) in [5.74, 6) is 0. The third-order valence-corrected chi connectivity index (χ3v) is 1.85. The zero-order chi connectivity index (χ0) is 9.07. The second-order valence-electron chi connectivity index (χ2n) is 2.82. The molecule has 0 nitrogen and oxygen atoms in total. The maximum atomic E-state index is 2.30. The molecule has 0 aromatic heterocycles. The molecule has 0 fully saturated rings. The van der Waals surface area contributed by atoms with E-state index in [9.17, 15) is 0 Å². The van der Waals surface area contributed by atoms with Crippen molar-refractivity contribution in [3.05, 3.63) is 24.3 Å². The van der Waals surface area contributed by atoms with E-state index in [0.29, 0.717) is 0 Å². The first-order chi connectivity index (χ1) is 6.00. The summed E-state index contributed by atoms with van der Waals surface area (Å²) >= 11 is 0. The van der Waals surface area contributed by atoms with E-state index in [4.69, 9.17) is 0 Å². The lowest BCUT2D eigenvalue weighted by atomic mass is 10.1. The van der Waals surface area contributed by atoms with E-state index in [2.05, 4.69) is 24.3 Å². The largest absolute Gasteiger partial charge is 0.0882 e. The summed E-state index contributed by atoms with van der Waals surface area (Å²) in [5, 5.41) is 0. The van der Waals surface area contributed by atoms with Crippen LogP contribution in [0.2, 0.25) is 0 Å². The van der Waals surface area contributed by atoms with Gasteiger partial charge in [0.05, 0.1) is 0 Å². The molecule has 0 spiro atoms. The van der Waals surface area contributed by atoms with Crippen molar-refractivity contribution in [2.24, 2.45) is 0 Å². The van der Waals surface area contributed by atoms with Crippen LogP contribution in [0.3, 0.4) is 0 Å². The smallest absolute Gasteiger partial charge is 0.0169 e. The second-order valence-corrected chi connectivity index (χ2v) is 2.82. The number of hydrogen-bond donors (Lipinski definition) is 0. The highest BCUT2D eigenvalue weighted by Crippen LogP contribution is 2.06. The molecule has 0 saturated heterocycles. The summed E-state index contributed by atoms with van der Waals surface area (Å²) in [6.45, 7) is 4.00. The quantitative estimate of drug-likeness (QED) is 0.435. The molecule has 0 heteroatoms. The zero-order valence-electron chi connectivity index (χ0n) is 8.55. The van der Waals surface area contributed by atoms with Gasteiger partial charge in [-0.25, -0.2) is 0 Å². The highest BCUT2D eigenvalue weighted by Gasteiger charge is 1.86. The van der Waals surface area contributed by atoms with Crippen LogP contribution in [0, 0.1) is 0 Å². The third kappa shape index (κ3) is 14.0. The SMILES string of the molecule is C.C.C1=C\CCCCC/C=C\C/1.CC. The predicted molar refractivity (Wildman–Crippen MR) is 70.8 cm³/mol. The standard InChI is InChI=1S/C10H16.C2H6.2CH4/c1-2-4-6-8-10-9-7-5-3-1;1-2;;/h1-2,5,7H,3-4,6,8-10H2;1-2H3;2*1H4/b2-1-,7-5-;;;. The molecule has 0 unspecified atom stereocenters. The lowest BCUT2D eigenvalue weighted by molar-refractivity contribution is 0.693. The van der Waals surface area contributed by atoms with Crippen molar-refractivity contribution in [3.63, 3.8) is 0 Å². The fourth-order valence-electron chi connectivity index (χ4n) is 1.21.